The average Bonchev–Trinajstić information content (AvgIpc) is 2.58. The summed E-state index contributed by atoms with van der Waals surface area (Å²) in [5.41, 5.74) is 1.98. The van der Waals surface area contributed by atoms with Crippen LogP contribution in [0.5, 0.6) is 0 Å². The summed E-state index contributed by atoms with van der Waals surface area (Å²) in [4.78, 5) is 21.0. The lowest BCUT2D eigenvalue weighted by Crippen LogP contribution is -2.48. The number of carbonyl (C=O) groups excluding carboxylic acids is 1. The van der Waals surface area contributed by atoms with Gasteiger partial charge in [-0.05, 0) is 30.7 Å². The Balaban J connectivity index is 1.49. The van der Waals surface area contributed by atoms with E-state index in [9.17, 15) is 4.79 Å². The molecule has 5 nitrogen and oxygen atoms in total. The normalized spacial score (nSPS) is 15.4. The fourth-order valence-electron chi connectivity index (χ4n) is 2.78. The highest BCUT2D eigenvalue weighted by Gasteiger charge is 2.19. The third-order valence-electron chi connectivity index (χ3n) is 4.13. The van der Waals surface area contributed by atoms with E-state index in [0.29, 0.717) is 6.54 Å². The van der Waals surface area contributed by atoms with Crippen molar-refractivity contribution in [2.75, 3.05) is 42.9 Å². The average molecular weight is 310 g/mol. The Bertz CT molecular complexity index is 651. The minimum absolute atomic E-state index is 0.0468. The summed E-state index contributed by atoms with van der Waals surface area (Å²) in [6.07, 6.45) is 1.82. The fourth-order valence-corrected chi connectivity index (χ4v) is 2.78. The van der Waals surface area contributed by atoms with Gasteiger partial charge in [-0.1, -0.05) is 24.3 Å². The number of hydrogen-bond donors (Lipinski definition) is 1. The van der Waals surface area contributed by atoms with Crippen LogP contribution in [0.15, 0.2) is 48.7 Å². The number of anilines is 2. The first-order valence-electron chi connectivity index (χ1n) is 7.96. The largest absolute Gasteiger partial charge is 0.354 e. The molecule has 1 fully saturated rings. The third-order valence-corrected chi connectivity index (χ3v) is 4.13. The standard InChI is InChI=1S/C18H22N4O/c1-15-6-2-3-7-16(15)20-18(23)14-21-10-12-22(13-11-21)17-8-4-5-9-19-17/h2-9H,10-14H2,1H3,(H,20,23). The van der Waals surface area contributed by atoms with E-state index in [0.717, 1.165) is 43.2 Å². The molecule has 120 valence electrons. The number of pyridine rings is 1. The van der Waals surface area contributed by atoms with Gasteiger partial charge in [0.05, 0.1) is 6.54 Å². The second-order valence-electron chi connectivity index (χ2n) is 5.81. The summed E-state index contributed by atoms with van der Waals surface area (Å²) in [5, 5.41) is 2.99. The molecule has 0 saturated carbocycles. The van der Waals surface area contributed by atoms with E-state index in [4.69, 9.17) is 0 Å². The van der Waals surface area contributed by atoms with Crippen LogP contribution in [0.2, 0.25) is 0 Å². The maximum Gasteiger partial charge on any atom is 0.238 e. The molecule has 0 radical (unpaired) electrons. The first-order valence-corrected chi connectivity index (χ1v) is 7.96. The zero-order valence-electron chi connectivity index (χ0n) is 13.4. The number of amides is 1. The van der Waals surface area contributed by atoms with E-state index in [-0.39, 0.29) is 5.91 Å². The summed E-state index contributed by atoms with van der Waals surface area (Å²) in [5.74, 6) is 1.06. The highest BCUT2D eigenvalue weighted by atomic mass is 16.2. The number of nitrogens with one attached hydrogen (secondary N) is 1. The van der Waals surface area contributed by atoms with E-state index in [1.165, 1.54) is 0 Å². The number of para-hydroxylation sites is 1. The summed E-state index contributed by atoms with van der Waals surface area (Å²) in [7, 11) is 0. The van der Waals surface area contributed by atoms with Gasteiger partial charge in [-0.25, -0.2) is 4.98 Å². The number of rotatable bonds is 4. The summed E-state index contributed by atoms with van der Waals surface area (Å²) < 4.78 is 0. The van der Waals surface area contributed by atoms with Crippen LogP contribution in [0.1, 0.15) is 5.56 Å². The molecule has 1 saturated heterocycles. The number of aromatic nitrogens is 1. The Morgan fingerprint density at radius 1 is 1.09 bits per heavy atom. The van der Waals surface area contributed by atoms with Gasteiger partial charge in [-0.3, -0.25) is 9.69 Å². The monoisotopic (exact) mass is 310 g/mol. The van der Waals surface area contributed by atoms with Gasteiger partial charge in [-0.15, -0.1) is 0 Å². The number of hydrogen-bond acceptors (Lipinski definition) is 4. The molecule has 0 atom stereocenters. The molecule has 5 heteroatoms. The van der Waals surface area contributed by atoms with Gasteiger partial charge in [0, 0.05) is 38.1 Å². The van der Waals surface area contributed by atoms with Crippen LogP contribution < -0.4 is 10.2 Å². The lowest BCUT2D eigenvalue weighted by atomic mass is 10.2. The Kier molecular flexibility index (Phi) is 4.88. The van der Waals surface area contributed by atoms with Crippen molar-refractivity contribution < 1.29 is 4.79 Å². The molecule has 2 aromatic rings. The predicted octanol–water partition coefficient (Wildman–Crippen LogP) is 2.15. The Labute approximate surface area is 136 Å². The van der Waals surface area contributed by atoms with Crippen LogP contribution in [-0.2, 0) is 4.79 Å². The Morgan fingerprint density at radius 3 is 2.52 bits per heavy atom. The second kappa shape index (κ2) is 7.24. The zero-order valence-corrected chi connectivity index (χ0v) is 13.4. The molecular formula is C18H22N4O. The SMILES string of the molecule is Cc1ccccc1NC(=O)CN1CCN(c2ccccn2)CC1. The van der Waals surface area contributed by atoms with Crippen LogP contribution in [0.3, 0.4) is 0 Å². The van der Waals surface area contributed by atoms with Gasteiger partial charge >= 0.3 is 0 Å². The summed E-state index contributed by atoms with van der Waals surface area (Å²) >= 11 is 0. The van der Waals surface area contributed by atoms with Gasteiger partial charge in [0.2, 0.25) is 5.91 Å². The van der Waals surface area contributed by atoms with Crippen molar-refractivity contribution in [2.45, 2.75) is 6.92 Å². The van der Waals surface area contributed by atoms with Crippen LogP contribution in [0, 0.1) is 6.92 Å². The maximum absolute atomic E-state index is 12.2. The van der Waals surface area contributed by atoms with Crippen molar-refractivity contribution in [1.82, 2.24) is 9.88 Å². The molecule has 1 aromatic heterocycles. The number of aryl methyl sites for hydroxylation is 1. The molecule has 0 aliphatic carbocycles. The smallest absolute Gasteiger partial charge is 0.238 e. The molecule has 1 amide bonds. The molecule has 1 aliphatic heterocycles. The molecule has 1 aromatic carbocycles. The topological polar surface area (TPSA) is 48.5 Å². The van der Waals surface area contributed by atoms with Gasteiger partial charge in [0.1, 0.15) is 5.82 Å². The van der Waals surface area contributed by atoms with Crippen molar-refractivity contribution >= 4 is 17.4 Å². The molecule has 23 heavy (non-hydrogen) atoms. The molecule has 1 aliphatic rings. The molecule has 3 rings (SSSR count). The minimum atomic E-state index is 0.0468. The molecule has 0 bridgehead atoms. The highest BCUT2D eigenvalue weighted by molar-refractivity contribution is 5.92. The van der Waals surface area contributed by atoms with E-state index >= 15 is 0 Å². The maximum atomic E-state index is 12.2. The van der Waals surface area contributed by atoms with E-state index in [1.807, 2.05) is 55.6 Å². The Hall–Kier alpha value is -2.40. The van der Waals surface area contributed by atoms with Crippen molar-refractivity contribution in [1.29, 1.82) is 0 Å². The zero-order chi connectivity index (χ0) is 16.1. The van der Waals surface area contributed by atoms with Gasteiger partial charge < -0.3 is 10.2 Å². The molecule has 2 heterocycles. The van der Waals surface area contributed by atoms with Crippen molar-refractivity contribution in [3.63, 3.8) is 0 Å². The minimum Gasteiger partial charge on any atom is -0.354 e. The molecule has 1 N–H and O–H groups in total. The molecule has 0 unspecified atom stereocenters. The number of piperazine rings is 1. The lowest BCUT2D eigenvalue weighted by Gasteiger charge is -2.34. The first kappa shape index (κ1) is 15.5. The molecular weight excluding hydrogens is 288 g/mol. The van der Waals surface area contributed by atoms with Crippen molar-refractivity contribution in [2.24, 2.45) is 0 Å². The predicted molar refractivity (Wildman–Crippen MR) is 92.7 cm³/mol. The van der Waals surface area contributed by atoms with E-state index < -0.39 is 0 Å². The van der Waals surface area contributed by atoms with Crippen molar-refractivity contribution in [3.8, 4) is 0 Å². The van der Waals surface area contributed by atoms with Gasteiger partial charge in [0.25, 0.3) is 0 Å². The van der Waals surface area contributed by atoms with Crippen LogP contribution in [0.25, 0.3) is 0 Å². The van der Waals surface area contributed by atoms with Crippen molar-refractivity contribution in [3.05, 3.63) is 54.2 Å². The fraction of sp³-hybridized carbons (Fsp3) is 0.333. The highest BCUT2D eigenvalue weighted by Crippen LogP contribution is 2.14. The number of carbonyl (C=O) groups is 1. The second-order valence-corrected chi connectivity index (χ2v) is 5.81. The summed E-state index contributed by atoms with van der Waals surface area (Å²) in [6.45, 7) is 5.98. The first-order chi connectivity index (χ1) is 11.2. The molecule has 0 spiro atoms. The van der Waals surface area contributed by atoms with Crippen LogP contribution >= 0.6 is 0 Å². The van der Waals surface area contributed by atoms with Gasteiger partial charge in [-0.2, -0.15) is 0 Å². The Morgan fingerprint density at radius 2 is 1.83 bits per heavy atom. The van der Waals surface area contributed by atoms with Gasteiger partial charge in [0.15, 0.2) is 0 Å². The lowest BCUT2D eigenvalue weighted by molar-refractivity contribution is -0.117. The number of benzene rings is 1. The summed E-state index contributed by atoms with van der Waals surface area (Å²) in [6, 6.07) is 13.8. The van der Waals surface area contributed by atoms with E-state index in [1.54, 1.807) is 0 Å². The van der Waals surface area contributed by atoms with E-state index in [2.05, 4.69) is 20.1 Å². The number of nitrogens with zero attached hydrogens (tertiary/aromatic N) is 3. The van der Waals surface area contributed by atoms with Crippen LogP contribution in [0.4, 0.5) is 11.5 Å². The third kappa shape index (κ3) is 4.07. The van der Waals surface area contributed by atoms with Crippen LogP contribution in [-0.4, -0.2) is 48.5 Å². The quantitative estimate of drug-likeness (QED) is 0.940.